The van der Waals surface area contributed by atoms with Gasteiger partial charge in [0.15, 0.2) is 6.80 Å². The Balaban J connectivity index is 2.60. The molecule has 0 bridgehead atoms. The summed E-state index contributed by atoms with van der Waals surface area (Å²) in [5.74, 6) is -0.323. The first-order valence-electron chi connectivity index (χ1n) is 4.03. The summed E-state index contributed by atoms with van der Waals surface area (Å²) in [5.41, 5.74) is 0.761. The molecule has 2 N–H and O–H groups in total. The van der Waals surface area contributed by atoms with E-state index in [1.807, 2.05) is 5.32 Å². The van der Waals surface area contributed by atoms with Crippen LogP contribution in [0.15, 0.2) is 30.3 Å². The van der Waals surface area contributed by atoms with Gasteiger partial charge < -0.3 is 10.4 Å². The average Bonchev–Trinajstić information content (AvgIpc) is 2.17. The van der Waals surface area contributed by atoms with Crippen molar-refractivity contribution in [2.75, 3.05) is 6.80 Å². The second kappa shape index (κ2) is 5.01. The molecule has 1 aromatic carbocycles. The molecule has 0 radical (unpaired) electrons. The molecular formula is C10H10FNO2. The van der Waals surface area contributed by atoms with Crippen LogP contribution in [0.25, 0.3) is 6.08 Å². The highest BCUT2D eigenvalue weighted by atomic mass is 19.1. The maximum Gasteiger partial charge on any atom is 0.245 e. The smallest absolute Gasteiger partial charge is 0.245 e. The lowest BCUT2D eigenvalue weighted by molar-refractivity contribution is -0.116. The second-order valence-electron chi connectivity index (χ2n) is 2.60. The number of carbonyl (C=O) groups excluding carboxylic acids is 1. The van der Waals surface area contributed by atoms with Crippen molar-refractivity contribution in [1.29, 1.82) is 0 Å². The number of hydrogen-bond acceptors (Lipinski definition) is 2. The summed E-state index contributed by atoms with van der Waals surface area (Å²) in [5, 5.41) is 11.0. The quantitative estimate of drug-likeness (QED) is 0.566. The van der Waals surface area contributed by atoms with Crippen molar-refractivity contribution in [2.45, 2.75) is 0 Å². The zero-order valence-electron chi connectivity index (χ0n) is 7.40. The molecule has 3 nitrogen and oxygen atoms in total. The molecule has 0 saturated heterocycles. The van der Waals surface area contributed by atoms with Crippen molar-refractivity contribution in [3.63, 3.8) is 0 Å². The van der Waals surface area contributed by atoms with Gasteiger partial charge in [0, 0.05) is 6.08 Å². The normalized spacial score (nSPS) is 10.4. The number of carbonyl (C=O) groups is 1. The first kappa shape index (κ1) is 10.2. The highest BCUT2D eigenvalue weighted by Crippen LogP contribution is 2.10. The van der Waals surface area contributed by atoms with Crippen LogP contribution in [0.4, 0.5) is 4.39 Å². The van der Waals surface area contributed by atoms with E-state index >= 15 is 0 Å². The molecule has 0 saturated carbocycles. The van der Waals surface area contributed by atoms with E-state index in [-0.39, 0.29) is 5.75 Å². The van der Waals surface area contributed by atoms with Crippen molar-refractivity contribution in [2.24, 2.45) is 0 Å². The zero-order valence-corrected chi connectivity index (χ0v) is 7.40. The monoisotopic (exact) mass is 195 g/mol. The summed E-state index contributed by atoms with van der Waals surface area (Å²) in [6.45, 7) is -0.876. The van der Waals surface area contributed by atoms with Gasteiger partial charge in [0.05, 0.1) is 0 Å². The van der Waals surface area contributed by atoms with Gasteiger partial charge in [0.2, 0.25) is 5.91 Å². The fourth-order valence-electron chi connectivity index (χ4n) is 0.882. The van der Waals surface area contributed by atoms with Crippen LogP contribution in [0.1, 0.15) is 5.56 Å². The van der Waals surface area contributed by atoms with Crippen molar-refractivity contribution in [3.05, 3.63) is 35.9 Å². The molecule has 0 spiro atoms. The van der Waals surface area contributed by atoms with Gasteiger partial charge in [0.1, 0.15) is 5.75 Å². The van der Waals surface area contributed by atoms with E-state index in [0.717, 1.165) is 5.56 Å². The molecule has 74 valence electrons. The summed E-state index contributed by atoms with van der Waals surface area (Å²) < 4.78 is 11.6. The number of benzene rings is 1. The molecule has 0 aromatic heterocycles. The molecule has 0 aliphatic heterocycles. The number of rotatable bonds is 3. The molecule has 4 heteroatoms. The molecule has 0 heterocycles. The number of hydrogen-bond donors (Lipinski definition) is 2. The first-order valence-corrected chi connectivity index (χ1v) is 4.03. The van der Waals surface area contributed by atoms with Crippen LogP contribution in [-0.2, 0) is 4.79 Å². The van der Waals surface area contributed by atoms with Gasteiger partial charge in [-0.2, -0.15) is 0 Å². The summed E-state index contributed by atoms with van der Waals surface area (Å²) in [4.78, 5) is 10.8. The minimum absolute atomic E-state index is 0.162. The van der Waals surface area contributed by atoms with Crippen LogP contribution in [0, 0.1) is 0 Å². The number of aromatic hydroxyl groups is 1. The van der Waals surface area contributed by atoms with Crippen molar-refractivity contribution < 1.29 is 14.3 Å². The van der Waals surface area contributed by atoms with Gasteiger partial charge in [-0.1, -0.05) is 12.1 Å². The van der Waals surface area contributed by atoms with E-state index in [1.54, 1.807) is 12.1 Å². The highest BCUT2D eigenvalue weighted by Gasteiger charge is 1.92. The largest absolute Gasteiger partial charge is 0.508 e. The molecule has 0 atom stereocenters. The minimum Gasteiger partial charge on any atom is -0.508 e. The summed E-state index contributed by atoms with van der Waals surface area (Å²) in [7, 11) is 0. The fourth-order valence-corrected chi connectivity index (χ4v) is 0.882. The summed E-state index contributed by atoms with van der Waals surface area (Å²) in [6, 6.07) is 6.31. The molecule has 14 heavy (non-hydrogen) atoms. The predicted octanol–water partition coefficient (Wildman–Crippen LogP) is 1.45. The molecule has 1 aromatic rings. The van der Waals surface area contributed by atoms with E-state index < -0.39 is 12.7 Å². The van der Waals surface area contributed by atoms with Crippen LogP contribution >= 0.6 is 0 Å². The number of alkyl halides is 1. The van der Waals surface area contributed by atoms with Crippen molar-refractivity contribution in [3.8, 4) is 5.75 Å². The molecule has 0 aliphatic carbocycles. The van der Waals surface area contributed by atoms with Crippen molar-refractivity contribution in [1.82, 2.24) is 5.32 Å². The number of nitrogens with one attached hydrogen (secondary N) is 1. The molecule has 1 rings (SSSR count). The Kier molecular flexibility index (Phi) is 3.67. The third-order valence-electron chi connectivity index (χ3n) is 1.56. The Labute approximate surface area is 80.9 Å². The van der Waals surface area contributed by atoms with E-state index in [4.69, 9.17) is 5.11 Å². The molecular weight excluding hydrogens is 185 g/mol. The van der Waals surface area contributed by atoms with Crippen LogP contribution in [0.2, 0.25) is 0 Å². The average molecular weight is 195 g/mol. The molecule has 0 unspecified atom stereocenters. The maximum atomic E-state index is 11.6. The fraction of sp³-hybridized carbons (Fsp3) is 0.100. The Morgan fingerprint density at radius 2 is 2.07 bits per heavy atom. The summed E-state index contributed by atoms with van der Waals surface area (Å²) in [6.07, 6.45) is 2.76. The number of phenols is 1. The first-order chi connectivity index (χ1) is 6.72. The Bertz CT molecular complexity index is 332. The molecule has 1 amide bonds. The topological polar surface area (TPSA) is 49.3 Å². The third kappa shape index (κ3) is 3.26. The van der Waals surface area contributed by atoms with Crippen LogP contribution < -0.4 is 5.32 Å². The lowest BCUT2D eigenvalue weighted by Crippen LogP contribution is -2.18. The zero-order chi connectivity index (χ0) is 10.4. The highest BCUT2D eigenvalue weighted by molar-refractivity contribution is 5.91. The van der Waals surface area contributed by atoms with E-state index in [0.29, 0.717) is 0 Å². The predicted molar refractivity (Wildman–Crippen MR) is 51.3 cm³/mol. The van der Waals surface area contributed by atoms with Gasteiger partial charge in [0.25, 0.3) is 0 Å². The Hall–Kier alpha value is -1.84. The maximum absolute atomic E-state index is 11.6. The van der Waals surface area contributed by atoms with E-state index in [1.165, 1.54) is 24.3 Å². The lowest BCUT2D eigenvalue weighted by Gasteiger charge is -1.94. The van der Waals surface area contributed by atoms with Crippen LogP contribution in [0.3, 0.4) is 0 Å². The van der Waals surface area contributed by atoms with Crippen LogP contribution in [0.5, 0.6) is 5.75 Å². The SMILES string of the molecule is O=C(C=Cc1ccc(O)cc1)NCF. The van der Waals surface area contributed by atoms with Gasteiger partial charge in [-0.3, -0.25) is 4.79 Å². The van der Waals surface area contributed by atoms with Crippen molar-refractivity contribution >= 4 is 12.0 Å². The Morgan fingerprint density at radius 3 is 2.64 bits per heavy atom. The number of phenolic OH excluding ortho intramolecular Hbond substituents is 1. The summed E-state index contributed by atoms with van der Waals surface area (Å²) >= 11 is 0. The van der Waals surface area contributed by atoms with Gasteiger partial charge in [-0.15, -0.1) is 0 Å². The van der Waals surface area contributed by atoms with Gasteiger partial charge in [-0.25, -0.2) is 4.39 Å². The van der Waals surface area contributed by atoms with Gasteiger partial charge >= 0.3 is 0 Å². The Morgan fingerprint density at radius 1 is 1.43 bits per heavy atom. The third-order valence-corrected chi connectivity index (χ3v) is 1.56. The number of amides is 1. The van der Waals surface area contributed by atoms with E-state index in [2.05, 4.69) is 0 Å². The lowest BCUT2D eigenvalue weighted by atomic mass is 10.2. The molecule has 0 fully saturated rings. The van der Waals surface area contributed by atoms with Crippen LogP contribution in [-0.4, -0.2) is 17.8 Å². The standard InChI is InChI=1S/C10H10FNO2/c11-7-12-10(14)6-3-8-1-4-9(13)5-2-8/h1-6,13H,7H2,(H,12,14). The number of halogens is 1. The van der Waals surface area contributed by atoms with E-state index in [9.17, 15) is 9.18 Å². The molecule has 0 aliphatic rings. The van der Waals surface area contributed by atoms with Gasteiger partial charge in [-0.05, 0) is 23.8 Å². The minimum atomic E-state index is -0.876. The second-order valence-corrected chi connectivity index (χ2v) is 2.60.